The first kappa shape index (κ1) is 14.3. The molecule has 0 saturated carbocycles. The van der Waals surface area contributed by atoms with Gasteiger partial charge in [-0.3, -0.25) is 4.79 Å². The lowest BCUT2D eigenvalue weighted by Crippen LogP contribution is -2.04. The van der Waals surface area contributed by atoms with Crippen LogP contribution >= 0.6 is 11.3 Å². The van der Waals surface area contributed by atoms with Gasteiger partial charge in [0.1, 0.15) is 5.01 Å². The Morgan fingerprint density at radius 1 is 1.09 bits per heavy atom. The molecule has 0 bridgehead atoms. The van der Waals surface area contributed by atoms with Crippen LogP contribution in [0.3, 0.4) is 0 Å². The van der Waals surface area contributed by atoms with E-state index in [9.17, 15) is 4.79 Å². The van der Waals surface area contributed by atoms with E-state index in [1.807, 2.05) is 0 Å². The largest absolute Gasteiger partial charge is 0.493 e. The zero-order valence-electron chi connectivity index (χ0n) is 12.2. The number of methoxy groups -OCH3 is 3. The summed E-state index contributed by atoms with van der Waals surface area (Å²) in [5.74, 6) is 1.60. The Bertz CT molecular complexity index is 862. The molecule has 0 saturated heterocycles. The molecule has 0 spiro atoms. The van der Waals surface area contributed by atoms with Gasteiger partial charge in [-0.2, -0.15) is 10.1 Å². The molecule has 0 N–H and O–H groups in total. The van der Waals surface area contributed by atoms with Crippen LogP contribution in [0.25, 0.3) is 15.5 Å². The summed E-state index contributed by atoms with van der Waals surface area (Å²) in [7, 11) is 4.66. The van der Waals surface area contributed by atoms with Crippen LogP contribution in [0.5, 0.6) is 17.2 Å². The normalized spacial score (nSPS) is 10.7. The van der Waals surface area contributed by atoms with Crippen LogP contribution in [-0.2, 0) is 0 Å². The first-order valence-electron chi connectivity index (χ1n) is 6.33. The van der Waals surface area contributed by atoms with E-state index < -0.39 is 0 Å². The summed E-state index contributed by atoms with van der Waals surface area (Å²) >= 11 is 1.31. The molecule has 1 aromatic carbocycles. The fourth-order valence-corrected chi connectivity index (χ4v) is 2.92. The highest BCUT2D eigenvalue weighted by Gasteiger charge is 2.16. The van der Waals surface area contributed by atoms with Crippen LogP contribution in [0, 0.1) is 0 Å². The van der Waals surface area contributed by atoms with E-state index in [1.54, 1.807) is 44.2 Å². The van der Waals surface area contributed by atoms with Crippen molar-refractivity contribution in [1.29, 1.82) is 0 Å². The number of rotatable bonds is 4. The van der Waals surface area contributed by atoms with Crippen molar-refractivity contribution in [2.45, 2.75) is 0 Å². The molecule has 7 nitrogen and oxygen atoms in total. The van der Waals surface area contributed by atoms with Gasteiger partial charge in [0.2, 0.25) is 10.7 Å². The molecule has 3 rings (SSSR count). The topological polar surface area (TPSA) is 75.0 Å². The molecule has 0 aliphatic rings. The van der Waals surface area contributed by atoms with Crippen molar-refractivity contribution in [2.75, 3.05) is 21.3 Å². The van der Waals surface area contributed by atoms with Crippen LogP contribution < -0.4 is 19.8 Å². The molecule has 114 valence electrons. The Morgan fingerprint density at radius 3 is 2.36 bits per heavy atom. The molecule has 0 aliphatic heterocycles. The van der Waals surface area contributed by atoms with Crippen LogP contribution in [0.4, 0.5) is 0 Å². The average Bonchev–Trinajstić information content (AvgIpc) is 2.96. The monoisotopic (exact) mass is 319 g/mol. The summed E-state index contributed by atoms with van der Waals surface area (Å²) in [6, 6.07) is 4.97. The van der Waals surface area contributed by atoms with Gasteiger partial charge in [0.05, 0.1) is 21.3 Å². The van der Waals surface area contributed by atoms with Gasteiger partial charge in [-0.15, -0.1) is 0 Å². The number of fused-ring (bicyclic) bond motifs is 1. The zero-order valence-corrected chi connectivity index (χ0v) is 13.0. The number of hydrogen-bond acceptors (Lipinski definition) is 7. The predicted octanol–water partition coefficient (Wildman–Crippen LogP) is 1.84. The molecule has 3 aromatic rings. The van der Waals surface area contributed by atoms with Crippen molar-refractivity contribution in [3.63, 3.8) is 0 Å². The standard InChI is InChI=1S/C14H13N3O4S/c1-19-9-6-8(7-10(20-2)12(9)21-3)13-16-17-5-4-11(18)15-14(17)22-13/h4-7H,1-3H3. The molecule has 0 atom stereocenters. The first-order chi connectivity index (χ1) is 10.7. The molecule has 0 amide bonds. The highest BCUT2D eigenvalue weighted by molar-refractivity contribution is 7.19. The Morgan fingerprint density at radius 2 is 1.77 bits per heavy atom. The van der Waals surface area contributed by atoms with Gasteiger partial charge >= 0.3 is 0 Å². The molecule has 0 radical (unpaired) electrons. The van der Waals surface area contributed by atoms with Crippen molar-refractivity contribution in [2.24, 2.45) is 0 Å². The Hall–Kier alpha value is -2.61. The van der Waals surface area contributed by atoms with E-state index in [1.165, 1.54) is 17.4 Å². The van der Waals surface area contributed by atoms with Crippen molar-refractivity contribution in [3.8, 4) is 27.8 Å². The zero-order chi connectivity index (χ0) is 15.7. The highest BCUT2D eigenvalue weighted by Crippen LogP contribution is 2.41. The SMILES string of the molecule is COc1cc(-c2nn3ccc(=O)nc3s2)cc(OC)c1OC. The van der Waals surface area contributed by atoms with Crippen LogP contribution in [0.1, 0.15) is 0 Å². The number of nitrogens with zero attached hydrogens (tertiary/aromatic N) is 3. The fraction of sp³-hybridized carbons (Fsp3) is 0.214. The second-order valence-electron chi connectivity index (χ2n) is 4.31. The van der Waals surface area contributed by atoms with Gasteiger partial charge in [-0.05, 0) is 12.1 Å². The van der Waals surface area contributed by atoms with E-state index >= 15 is 0 Å². The second-order valence-corrected chi connectivity index (χ2v) is 5.27. The fourth-order valence-electron chi connectivity index (χ4n) is 2.05. The summed E-state index contributed by atoms with van der Waals surface area (Å²) in [4.78, 5) is 15.8. The van der Waals surface area contributed by atoms with Gasteiger partial charge in [0.15, 0.2) is 11.5 Å². The third kappa shape index (κ3) is 2.37. The van der Waals surface area contributed by atoms with Crippen LogP contribution in [0.2, 0.25) is 0 Å². The van der Waals surface area contributed by atoms with Gasteiger partial charge in [-0.25, -0.2) is 4.52 Å². The van der Waals surface area contributed by atoms with E-state index in [2.05, 4.69) is 10.1 Å². The molecule has 2 aromatic heterocycles. The number of hydrogen-bond donors (Lipinski definition) is 0. The molecule has 0 unspecified atom stereocenters. The van der Waals surface area contributed by atoms with Gasteiger partial charge in [0, 0.05) is 17.8 Å². The summed E-state index contributed by atoms with van der Waals surface area (Å²) in [5, 5.41) is 5.10. The average molecular weight is 319 g/mol. The maximum Gasteiger partial charge on any atom is 0.273 e. The minimum absolute atomic E-state index is 0.292. The van der Waals surface area contributed by atoms with E-state index in [0.29, 0.717) is 27.2 Å². The highest BCUT2D eigenvalue weighted by atomic mass is 32.1. The maximum absolute atomic E-state index is 11.3. The smallest absolute Gasteiger partial charge is 0.273 e. The number of ether oxygens (including phenoxy) is 3. The van der Waals surface area contributed by atoms with Crippen molar-refractivity contribution in [3.05, 3.63) is 34.7 Å². The van der Waals surface area contributed by atoms with E-state index in [-0.39, 0.29) is 5.56 Å². The molecule has 8 heteroatoms. The summed E-state index contributed by atoms with van der Waals surface area (Å²) in [5.41, 5.74) is 0.498. The second kappa shape index (κ2) is 5.64. The predicted molar refractivity (Wildman–Crippen MR) is 82.2 cm³/mol. The third-order valence-electron chi connectivity index (χ3n) is 3.06. The minimum atomic E-state index is -0.292. The number of aromatic nitrogens is 3. The number of benzene rings is 1. The Kier molecular flexibility index (Phi) is 3.68. The quantitative estimate of drug-likeness (QED) is 0.730. The lowest BCUT2D eigenvalue weighted by molar-refractivity contribution is 0.324. The minimum Gasteiger partial charge on any atom is -0.493 e. The van der Waals surface area contributed by atoms with Crippen molar-refractivity contribution in [1.82, 2.24) is 14.6 Å². The molecule has 22 heavy (non-hydrogen) atoms. The molecule has 0 aliphatic carbocycles. The molecule has 0 fully saturated rings. The van der Waals surface area contributed by atoms with E-state index in [0.717, 1.165) is 5.56 Å². The summed E-state index contributed by atoms with van der Waals surface area (Å²) in [6.45, 7) is 0. The third-order valence-corrected chi connectivity index (χ3v) is 4.03. The van der Waals surface area contributed by atoms with Crippen molar-refractivity contribution >= 4 is 16.3 Å². The van der Waals surface area contributed by atoms with E-state index in [4.69, 9.17) is 14.2 Å². The van der Waals surface area contributed by atoms with Gasteiger partial charge < -0.3 is 14.2 Å². The molecular weight excluding hydrogens is 306 g/mol. The summed E-state index contributed by atoms with van der Waals surface area (Å²) < 4.78 is 17.5. The molecular formula is C14H13N3O4S. The lowest BCUT2D eigenvalue weighted by Gasteiger charge is -2.13. The molecule has 2 heterocycles. The van der Waals surface area contributed by atoms with Crippen LogP contribution in [0.15, 0.2) is 29.2 Å². The van der Waals surface area contributed by atoms with Gasteiger partial charge in [0.25, 0.3) is 5.56 Å². The maximum atomic E-state index is 11.3. The first-order valence-corrected chi connectivity index (χ1v) is 7.15. The van der Waals surface area contributed by atoms with Crippen LogP contribution in [-0.4, -0.2) is 35.9 Å². The Labute approximate surface area is 129 Å². The lowest BCUT2D eigenvalue weighted by atomic mass is 10.2. The van der Waals surface area contributed by atoms with Gasteiger partial charge in [-0.1, -0.05) is 11.3 Å². The van der Waals surface area contributed by atoms with Crippen molar-refractivity contribution < 1.29 is 14.2 Å². The Balaban J connectivity index is 2.19. The summed E-state index contributed by atoms with van der Waals surface area (Å²) in [6.07, 6.45) is 1.59.